The van der Waals surface area contributed by atoms with Crippen LogP contribution in [0.15, 0.2) is 182 Å². The second-order valence-corrected chi connectivity index (χ2v) is 36.9. The normalized spacial score (nSPS) is 13.6. The number of rotatable bonds is 69. The molecule has 792 valence electrons. The number of nitrogens with one attached hydrogen (secondary N) is 12. The van der Waals surface area contributed by atoms with Crippen LogP contribution in [-0.2, 0) is 62.3 Å². The van der Waals surface area contributed by atoms with E-state index in [1.807, 2.05) is 210 Å². The molecule has 38 heteroatoms. The minimum Gasteiger partial charge on any atom is -0.370 e. The summed E-state index contributed by atoms with van der Waals surface area (Å²) in [6.45, 7) is 13.0. The number of nitrogens with two attached hydrogens (primary N) is 7. The Morgan fingerprint density at radius 3 is 0.572 bits per heavy atom. The molecule has 0 spiro atoms. The van der Waals surface area contributed by atoms with Gasteiger partial charge in [0.2, 0.25) is 76.8 Å². The predicted molar refractivity (Wildman–Crippen MR) is 564 cm³/mol. The summed E-state index contributed by atoms with van der Waals surface area (Å²) < 4.78 is 0. The van der Waals surface area contributed by atoms with E-state index in [1.165, 1.54) is 31.4 Å². The highest BCUT2D eigenvalue weighted by Gasteiger charge is 2.39. The lowest BCUT2D eigenvalue weighted by Gasteiger charge is -2.35. The van der Waals surface area contributed by atoms with Crippen LogP contribution < -0.4 is 88.0 Å². The fraction of sp³-hybridized carbons (Fsp3) is 0.514. The fourth-order valence-corrected chi connectivity index (χ4v) is 17.7. The Morgan fingerprint density at radius 1 is 0.248 bits per heavy atom. The van der Waals surface area contributed by atoms with Crippen LogP contribution in [0.5, 0.6) is 0 Å². The lowest BCUT2D eigenvalue weighted by molar-refractivity contribution is -0.142. The first-order valence-electron chi connectivity index (χ1n) is 51.1. The summed E-state index contributed by atoms with van der Waals surface area (Å²) in [5, 5.41) is 49.5. The maximum Gasteiger partial charge on any atom is 0.245 e. The summed E-state index contributed by atoms with van der Waals surface area (Å²) in [4.78, 5) is 201. The molecular formula is C107H161N25O13. The molecule has 0 aliphatic rings. The van der Waals surface area contributed by atoms with Gasteiger partial charge in [0, 0.05) is 104 Å². The van der Waals surface area contributed by atoms with E-state index in [0.717, 1.165) is 11.1 Å². The van der Waals surface area contributed by atoms with E-state index >= 15 is 33.6 Å². The van der Waals surface area contributed by atoms with Gasteiger partial charge in [0.15, 0.2) is 17.9 Å². The molecule has 6 aromatic carbocycles. The molecule has 0 saturated heterocycles. The monoisotopic (exact) mass is 2000 g/mol. The summed E-state index contributed by atoms with van der Waals surface area (Å²) in [5.41, 5.74) is 44.9. The van der Waals surface area contributed by atoms with E-state index in [4.69, 9.17) is 56.4 Å². The third-order valence-electron chi connectivity index (χ3n) is 26.1. The Bertz CT molecular complexity index is 5000. The molecule has 0 fully saturated rings. The standard InChI is InChI=1S/C107H161N25O13/c1-74(81-38-14-8-15-39-81)127(68-56-93(111)134)100(141)90(53-29-35-65-118-105(112)113)124-97(138)60-70-129(76(3)83-42-18-10-19-43-83)101(142)88(51-27-33-63-109)122-95(136)59-73-132(79(6)86-48-24-13-25-49-86)104(145)92(55-31-37-67-120-107(116)117)126-98(139)61-71-130(77(4)84-44-20-11-21-45-84)102(143)89(52-28-34-64-110)123-94(135)58-72-131(78(5)85-46-22-12-23-47-85)103(144)91(54-30-36-66-119-106(114)115)125-96(137)57-69-128(75(2)82-40-16-9-17-41-82)99(140)87(121-80(7)133)50-26-32-62-108/h8-25,38-49,74-79,87-92H,26-37,50-73,108-110H2,1-7H3,(H2,111,134)(H,121,133)(H,122,136)(H,123,135)(H,124,138)(H,125,137)(H,126,139)(H4,112,113,118)(H4,114,115,119)(H4,116,117,120)/t74-,75-,76-,77-,78-,79-,87-,88-,89-,90-,91-,92-/m0/s1. The molecule has 26 N–H and O–H groups in total. The van der Waals surface area contributed by atoms with Crippen molar-refractivity contribution in [3.63, 3.8) is 0 Å². The molecule has 6 rings (SSSR count). The Labute approximate surface area is 855 Å². The number of unbranched alkanes of at least 4 members (excludes halogenated alkanes) is 6. The first-order valence-corrected chi connectivity index (χ1v) is 51.1. The molecule has 12 atom stereocenters. The van der Waals surface area contributed by atoms with E-state index in [9.17, 15) is 28.8 Å². The topological polar surface area (TPSA) is 603 Å². The van der Waals surface area contributed by atoms with Crippen molar-refractivity contribution in [2.45, 2.75) is 275 Å². The third-order valence-corrected chi connectivity index (χ3v) is 26.1. The average Bonchev–Trinajstić information content (AvgIpc) is 0.845. The van der Waals surface area contributed by atoms with Crippen molar-refractivity contribution >= 4 is 94.7 Å². The molecule has 145 heavy (non-hydrogen) atoms. The highest BCUT2D eigenvalue weighted by atomic mass is 16.2. The fourth-order valence-electron chi connectivity index (χ4n) is 17.7. The minimum atomic E-state index is -1.26. The number of hydrogen-bond acceptors (Lipinski definition) is 19. The smallest absolute Gasteiger partial charge is 0.245 e. The molecule has 6 aromatic rings. The van der Waals surface area contributed by atoms with Crippen molar-refractivity contribution < 1.29 is 62.3 Å². The largest absolute Gasteiger partial charge is 0.370 e. The number of hydrogen-bond donors (Lipinski definition) is 19. The number of amides is 13. The number of nitrogens with zero attached hydrogens (tertiary/aromatic N) is 6. The van der Waals surface area contributed by atoms with Gasteiger partial charge >= 0.3 is 0 Å². The van der Waals surface area contributed by atoms with Crippen LogP contribution in [-0.4, -0.2) is 239 Å². The van der Waals surface area contributed by atoms with Crippen molar-refractivity contribution in [1.82, 2.24) is 77.3 Å². The SMILES string of the molecule is CC(=O)N[C@@H](CCCCN)C(=O)N(CCC(=O)N[C@@H](CCCCNC(=N)N)C(=O)N(CCC(=O)N[C@@H](CCCCN)C(=O)N(CCC(=O)N[C@@H](CCCCNC(=N)N)C(=O)N(CCC(=O)N[C@@H](CCCCN)C(=O)N(CCC(=O)N[C@@H](CCCCNC(=N)N)C(=O)N(CCC(N)=O)[C@@H](C)c1ccccc1)[C@@H](C)c1ccccc1)[C@@H](C)c1ccccc1)[C@@H](C)c1ccccc1)[C@@H](C)c1ccccc1)[C@@H](C)c1ccccc1. The number of carbonyl (C=O) groups excluding carboxylic acids is 13. The second-order valence-electron chi connectivity index (χ2n) is 36.9. The van der Waals surface area contributed by atoms with Crippen molar-refractivity contribution in [1.29, 1.82) is 16.2 Å². The van der Waals surface area contributed by atoms with Gasteiger partial charge in [0.05, 0.1) is 36.3 Å². The van der Waals surface area contributed by atoms with Crippen LogP contribution >= 0.6 is 0 Å². The summed E-state index contributed by atoms with van der Waals surface area (Å²) in [7, 11) is 0. The molecule has 0 aliphatic heterocycles. The van der Waals surface area contributed by atoms with E-state index < -0.39 is 149 Å². The predicted octanol–water partition coefficient (Wildman–Crippen LogP) is 7.63. The molecule has 0 heterocycles. The quantitative estimate of drug-likeness (QED) is 0.00991. The van der Waals surface area contributed by atoms with Crippen LogP contribution in [0.1, 0.15) is 272 Å². The van der Waals surface area contributed by atoms with Gasteiger partial charge in [0.1, 0.15) is 36.3 Å². The number of benzene rings is 6. The Kier molecular flexibility index (Phi) is 54.6. The Balaban J connectivity index is 1.29. The van der Waals surface area contributed by atoms with Crippen LogP contribution in [0.4, 0.5) is 0 Å². The van der Waals surface area contributed by atoms with Crippen LogP contribution in [0.3, 0.4) is 0 Å². The van der Waals surface area contributed by atoms with Gasteiger partial charge in [-0.05, 0) is 210 Å². The molecule has 0 unspecified atom stereocenters. The highest BCUT2D eigenvalue weighted by Crippen LogP contribution is 2.31. The van der Waals surface area contributed by atoms with Crippen LogP contribution in [0.25, 0.3) is 0 Å². The van der Waals surface area contributed by atoms with Gasteiger partial charge in [-0.3, -0.25) is 78.6 Å². The van der Waals surface area contributed by atoms with Gasteiger partial charge in [-0.1, -0.05) is 182 Å². The maximum absolute atomic E-state index is 15.9. The summed E-state index contributed by atoms with van der Waals surface area (Å²) in [6.07, 6.45) is 4.37. The molecule has 13 amide bonds. The van der Waals surface area contributed by atoms with E-state index in [1.54, 1.807) is 18.7 Å². The molecule has 0 saturated carbocycles. The van der Waals surface area contributed by atoms with Gasteiger partial charge in [-0.25, -0.2) is 0 Å². The first kappa shape index (κ1) is 120. The van der Waals surface area contributed by atoms with Gasteiger partial charge in [0.25, 0.3) is 0 Å². The van der Waals surface area contributed by atoms with E-state index in [-0.39, 0.29) is 154 Å². The summed E-state index contributed by atoms with van der Waals surface area (Å²) in [6, 6.07) is 44.1. The molecular weight excluding hydrogens is 1840 g/mol. The minimum absolute atomic E-state index is 0.0439. The summed E-state index contributed by atoms with van der Waals surface area (Å²) in [5.74, 6) is -7.78. The average molecular weight is 2010 g/mol. The zero-order chi connectivity index (χ0) is 106. The van der Waals surface area contributed by atoms with E-state index in [0.29, 0.717) is 119 Å². The van der Waals surface area contributed by atoms with Gasteiger partial charge in [-0.15, -0.1) is 0 Å². The molecule has 38 nitrogen and oxygen atoms in total. The van der Waals surface area contributed by atoms with Crippen molar-refractivity contribution in [3.8, 4) is 0 Å². The number of carbonyl (C=O) groups is 13. The van der Waals surface area contributed by atoms with Crippen LogP contribution in [0, 0.1) is 16.2 Å². The van der Waals surface area contributed by atoms with Crippen molar-refractivity contribution in [3.05, 3.63) is 215 Å². The zero-order valence-electron chi connectivity index (χ0n) is 85.7. The third kappa shape index (κ3) is 42.9. The second kappa shape index (κ2) is 66.1. The summed E-state index contributed by atoms with van der Waals surface area (Å²) >= 11 is 0. The number of primary amides is 1. The molecule has 0 aliphatic carbocycles. The lowest BCUT2D eigenvalue weighted by atomic mass is 10.0. The van der Waals surface area contributed by atoms with Crippen molar-refractivity contribution in [2.75, 3.05) is 78.5 Å². The lowest BCUT2D eigenvalue weighted by Crippen LogP contribution is -2.53. The Hall–Kier alpha value is -13.9. The highest BCUT2D eigenvalue weighted by molar-refractivity contribution is 5.94. The molecule has 0 aromatic heterocycles. The van der Waals surface area contributed by atoms with Crippen molar-refractivity contribution in [2.24, 2.45) is 40.1 Å². The van der Waals surface area contributed by atoms with E-state index in [2.05, 4.69) is 47.9 Å². The van der Waals surface area contributed by atoms with Gasteiger partial charge < -0.3 is 117 Å². The molecule has 0 bridgehead atoms. The van der Waals surface area contributed by atoms with Crippen LogP contribution in [0.2, 0.25) is 0 Å². The number of guanidine groups is 3. The maximum atomic E-state index is 15.9. The van der Waals surface area contributed by atoms with Gasteiger partial charge in [-0.2, -0.15) is 0 Å². The Morgan fingerprint density at radius 2 is 0.414 bits per heavy atom. The zero-order valence-corrected chi connectivity index (χ0v) is 85.7. The first-order chi connectivity index (χ1) is 69.6. The molecule has 0 radical (unpaired) electrons.